The van der Waals surface area contributed by atoms with Crippen LogP contribution in [0.15, 0.2) is 66.7 Å². The molecule has 0 spiro atoms. The second kappa shape index (κ2) is 9.21. The number of hydrogen-bond donors (Lipinski definition) is 2. The fourth-order valence-corrected chi connectivity index (χ4v) is 4.93. The SMILES string of the molecule is O=C(O)CC(NC(=O)OCC1c2ccccc2-c2ccccc21)C(=O)N1CCc2ccc(F)cc21. The molecule has 0 bridgehead atoms. The van der Waals surface area contributed by atoms with Crippen molar-refractivity contribution < 1.29 is 28.6 Å². The number of benzene rings is 3. The molecule has 0 aromatic heterocycles. The number of anilines is 1. The van der Waals surface area contributed by atoms with Crippen molar-refractivity contribution in [3.8, 4) is 11.1 Å². The molecule has 2 N–H and O–H groups in total. The van der Waals surface area contributed by atoms with Crippen LogP contribution in [0.5, 0.6) is 0 Å². The smallest absolute Gasteiger partial charge is 0.407 e. The highest BCUT2D eigenvalue weighted by Gasteiger charge is 2.34. The monoisotopic (exact) mass is 474 g/mol. The molecule has 35 heavy (non-hydrogen) atoms. The fourth-order valence-electron chi connectivity index (χ4n) is 4.93. The zero-order chi connectivity index (χ0) is 24.5. The van der Waals surface area contributed by atoms with Crippen molar-refractivity contribution in [3.63, 3.8) is 0 Å². The minimum absolute atomic E-state index is 0.0333. The van der Waals surface area contributed by atoms with Crippen molar-refractivity contribution in [2.45, 2.75) is 24.8 Å². The number of carboxylic acids is 1. The number of carbonyl (C=O) groups excluding carboxylic acids is 2. The number of amides is 2. The molecule has 2 aliphatic rings. The van der Waals surface area contributed by atoms with Gasteiger partial charge in [-0.05, 0) is 46.4 Å². The first-order valence-corrected chi connectivity index (χ1v) is 11.4. The third-order valence-electron chi connectivity index (χ3n) is 6.52. The van der Waals surface area contributed by atoms with E-state index in [4.69, 9.17) is 4.74 Å². The first kappa shape index (κ1) is 22.6. The number of fused-ring (bicyclic) bond motifs is 4. The second-order valence-corrected chi connectivity index (χ2v) is 8.63. The maximum absolute atomic E-state index is 13.8. The quantitative estimate of drug-likeness (QED) is 0.561. The van der Waals surface area contributed by atoms with E-state index < -0.39 is 36.2 Å². The third kappa shape index (κ3) is 4.35. The van der Waals surface area contributed by atoms with E-state index in [9.17, 15) is 23.9 Å². The number of ether oxygens (including phenoxy) is 1. The van der Waals surface area contributed by atoms with E-state index in [0.717, 1.165) is 27.8 Å². The highest BCUT2D eigenvalue weighted by atomic mass is 19.1. The summed E-state index contributed by atoms with van der Waals surface area (Å²) in [5.74, 6) is -2.54. The van der Waals surface area contributed by atoms with E-state index in [1.165, 1.54) is 17.0 Å². The van der Waals surface area contributed by atoms with E-state index in [1.807, 2.05) is 48.5 Å². The molecule has 0 radical (unpaired) electrons. The number of carboxylic acid groups (broad SMARTS) is 1. The van der Waals surface area contributed by atoms with Crippen molar-refractivity contribution in [1.29, 1.82) is 0 Å². The Morgan fingerprint density at radius 3 is 2.34 bits per heavy atom. The van der Waals surface area contributed by atoms with Crippen LogP contribution in [0.4, 0.5) is 14.9 Å². The molecule has 0 saturated heterocycles. The molecule has 0 fully saturated rings. The zero-order valence-electron chi connectivity index (χ0n) is 18.7. The first-order chi connectivity index (χ1) is 16.9. The lowest BCUT2D eigenvalue weighted by atomic mass is 9.98. The normalized spacial score (nSPS) is 14.6. The molecule has 8 heteroatoms. The Labute approximate surface area is 201 Å². The molecular weight excluding hydrogens is 451 g/mol. The van der Waals surface area contributed by atoms with Gasteiger partial charge >= 0.3 is 12.1 Å². The maximum atomic E-state index is 13.8. The summed E-state index contributed by atoms with van der Waals surface area (Å²) in [6, 6.07) is 18.6. The van der Waals surface area contributed by atoms with Crippen LogP contribution in [0.3, 0.4) is 0 Å². The van der Waals surface area contributed by atoms with Crippen molar-refractivity contribution in [2.75, 3.05) is 18.1 Å². The molecular formula is C27H23FN2O5. The van der Waals surface area contributed by atoms with E-state index in [1.54, 1.807) is 6.07 Å². The van der Waals surface area contributed by atoms with Gasteiger partial charge in [0, 0.05) is 18.2 Å². The van der Waals surface area contributed by atoms with Crippen molar-refractivity contribution in [3.05, 3.63) is 89.2 Å². The molecule has 2 amide bonds. The molecule has 5 rings (SSSR count). The Morgan fingerprint density at radius 2 is 1.69 bits per heavy atom. The number of hydrogen-bond acceptors (Lipinski definition) is 4. The summed E-state index contributed by atoms with van der Waals surface area (Å²) in [4.78, 5) is 38.6. The lowest BCUT2D eigenvalue weighted by Crippen LogP contribution is -2.49. The van der Waals surface area contributed by atoms with Crippen LogP contribution < -0.4 is 10.2 Å². The lowest BCUT2D eigenvalue weighted by Gasteiger charge is -2.24. The molecule has 0 saturated carbocycles. The average molecular weight is 474 g/mol. The van der Waals surface area contributed by atoms with Gasteiger partial charge < -0.3 is 20.1 Å². The summed E-state index contributed by atoms with van der Waals surface area (Å²) < 4.78 is 19.2. The average Bonchev–Trinajstić information content (AvgIpc) is 3.40. The molecule has 1 heterocycles. The summed E-state index contributed by atoms with van der Waals surface area (Å²) in [5.41, 5.74) is 5.41. The standard InChI is InChI=1S/C27H23FN2O5/c28-17-10-9-16-11-12-30(24(16)13-17)26(33)23(14-25(31)32)29-27(34)35-15-22-20-7-3-1-5-18(20)19-6-2-4-8-21(19)22/h1-10,13,22-23H,11-12,14-15H2,(H,29,34)(H,31,32). The predicted octanol–water partition coefficient (Wildman–Crippen LogP) is 4.10. The topological polar surface area (TPSA) is 95.9 Å². The predicted molar refractivity (Wildman–Crippen MR) is 127 cm³/mol. The summed E-state index contributed by atoms with van der Waals surface area (Å²) in [6.45, 7) is 0.311. The van der Waals surface area contributed by atoms with Crippen molar-refractivity contribution in [2.24, 2.45) is 0 Å². The van der Waals surface area contributed by atoms with Gasteiger partial charge in [-0.1, -0.05) is 54.6 Å². The number of nitrogens with one attached hydrogen (secondary N) is 1. The van der Waals surface area contributed by atoms with Crippen LogP contribution in [0.2, 0.25) is 0 Å². The number of halogens is 1. The highest BCUT2D eigenvalue weighted by Crippen LogP contribution is 2.44. The maximum Gasteiger partial charge on any atom is 0.407 e. The molecule has 7 nitrogen and oxygen atoms in total. The van der Waals surface area contributed by atoms with Gasteiger partial charge in [0.1, 0.15) is 18.5 Å². The highest BCUT2D eigenvalue weighted by molar-refractivity contribution is 6.01. The zero-order valence-corrected chi connectivity index (χ0v) is 18.7. The summed E-state index contributed by atoms with van der Waals surface area (Å²) >= 11 is 0. The minimum Gasteiger partial charge on any atom is -0.481 e. The van der Waals surface area contributed by atoms with Crippen LogP contribution in [0, 0.1) is 5.82 Å². The fraction of sp³-hybridized carbons (Fsp3) is 0.222. The Morgan fingerprint density at radius 1 is 1.03 bits per heavy atom. The van der Waals surface area contributed by atoms with E-state index in [2.05, 4.69) is 5.32 Å². The third-order valence-corrected chi connectivity index (χ3v) is 6.52. The van der Waals surface area contributed by atoms with Crippen LogP contribution in [-0.4, -0.2) is 42.3 Å². The van der Waals surface area contributed by atoms with Crippen LogP contribution >= 0.6 is 0 Å². The second-order valence-electron chi connectivity index (χ2n) is 8.63. The Balaban J connectivity index is 1.30. The lowest BCUT2D eigenvalue weighted by molar-refractivity contribution is -0.139. The van der Waals surface area contributed by atoms with Crippen molar-refractivity contribution >= 4 is 23.7 Å². The summed E-state index contributed by atoms with van der Waals surface area (Å²) in [7, 11) is 0. The number of nitrogens with zero attached hydrogens (tertiary/aromatic N) is 1. The molecule has 1 atom stereocenters. The van der Waals surface area contributed by atoms with Gasteiger partial charge in [0.25, 0.3) is 0 Å². The number of rotatable bonds is 6. The Kier molecular flexibility index (Phi) is 5.94. The van der Waals surface area contributed by atoms with Gasteiger partial charge in [0.15, 0.2) is 0 Å². The van der Waals surface area contributed by atoms with E-state index in [0.29, 0.717) is 12.1 Å². The number of carbonyl (C=O) groups is 3. The molecule has 1 aliphatic heterocycles. The van der Waals surface area contributed by atoms with Gasteiger partial charge in [-0.2, -0.15) is 0 Å². The summed E-state index contributed by atoms with van der Waals surface area (Å²) in [5, 5.41) is 11.7. The summed E-state index contributed by atoms with van der Waals surface area (Å²) in [6.07, 6.45) is -0.985. The number of aliphatic carboxylic acids is 1. The molecule has 178 valence electrons. The van der Waals surface area contributed by atoms with Crippen LogP contribution in [0.1, 0.15) is 29.0 Å². The Hall–Kier alpha value is -4.20. The largest absolute Gasteiger partial charge is 0.481 e. The van der Waals surface area contributed by atoms with Crippen LogP contribution in [-0.2, 0) is 20.7 Å². The Bertz CT molecular complexity index is 1280. The van der Waals surface area contributed by atoms with Gasteiger partial charge in [-0.25, -0.2) is 9.18 Å². The van der Waals surface area contributed by atoms with Gasteiger partial charge in [0.05, 0.1) is 6.42 Å². The number of alkyl carbamates (subject to hydrolysis) is 1. The molecule has 3 aromatic carbocycles. The molecule has 1 unspecified atom stereocenters. The molecule has 3 aromatic rings. The van der Waals surface area contributed by atoms with Crippen LogP contribution in [0.25, 0.3) is 11.1 Å². The van der Waals surface area contributed by atoms with Gasteiger partial charge in [-0.15, -0.1) is 0 Å². The van der Waals surface area contributed by atoms with Gasteiger partial charge in [0.2, 0.25) is 5.91 Å². The van der Waals surface area contributed by atoms with E-state index in [-0.39, 0.29) is 19.1 Å². The van der Waals surface area contributed by atoms with Crippen molar-refractivity contribution in [1.82, 2.24) is 5.32 Å². The van der Waals surface area contributed by atoms with Gasteiger partial charge in [-0.3, -0.25) is 9.59 Å². The molecule has 1 aliphatic carbocycles. The minimum atomic E-state index is -1.35. The van der Waals surface area contributed by atoms with E-state index >= 15 is 0 Å². The first-order valence-electron chi connectivity index (χ1n) is 11.4.